The molecule has 0 amide bonds. The van der Waals surface area contributed by atoms with E-state index >= 15 is 0 Å². The van der Waals surface area contributed by atoms with Crippen molar-refractivity contribution in [3.05, 3.63) is 29.0 Å². The molecule has 1 aromatic rings. The van der Waals surface area contributed by atoms with Gasteiger partial charge in [-0.3, -0.25) is 4.79 Å². The first-order chi connectivity index (χ1) is 8.25. The molecule has 0 aliphatic heterocycles. The Morgan fingerprint density at radius 3 is 2.72 bits per heavy atom. The van der Waals surface area contributed by atoms with Crippen LogP contribution in [0.4, 0.5) is 4.39 Å². The van der Waals surface area contributed by atoms with Crippen LogP contribution >= 0.6 is 11.6 Å². The summed E-state index contributed by atoms with van der Waals surface area (Å²) in [6.07, 6.45) is 0. The van der Waals surface area contributed by atoms with E-state index in [1.165, 1.54) is 19.1 Å². The molecule has 0 heterocycles. The number of carboxylic acids is 1. The summed E-state index contributed by atoms with van der Waals surface area (Å²) >= 11 is 5.47. The number of carbonyl (C=O) groups is 1. The van der Waals surface area contributed by atoms with E-state index in [0.29, 0.717) is 0 Å². The SMILES string of the molecule is CC(CNS(=O)(=O)c1cccc(Cl)c1F)C(=O)O. The largest absolute Gasteiger partial charge is 0.481 e. The summed E-state index contributed by atoms with van der Waals surface area (Å²) in [4.78, 5) is 9.94. The van der Waals surface area contributed by atoms with Gasteiger partial charge in [0.1, 0.15) is 4.90 Å². The molecule has 0 saturated heterocycles. The number of aliphatic carboxylic acids is 1. The molecule has 8 heteroatoms. The highest BCUT2D eigenvalue weighted by Gasteiger charge is 2.22. The smallest absolute Gasteiger partial charge is 0.307 e. The zero-order chi connectivity index (χ0) is 13.9. The molecule has 1 aromatic carbocycles. The van der Waals surface area contributed by atoms with E-state index in [0.717, 1.165) is 6.07 Å². The molecule has 0 aromatic heterocycles. The van der Waals surface area contributed by atoms with Crippen molar-refractivity contribution in [2.24, 2.45) is 5.92 Å². The van der Waals surface area contributed by atoms with E-state index in [9.17, 15) is 17.6 Å². The molecule has 0 saturated carbocycles. The normalized spacial score (nSPS) is 13.3. The molecule has 1 rings (SSSR count). The predicted molar refractivity (Wildman–Crippen MR) is 63.4 cm³/mol. The highest BCUT2D eigenvalue weighted by molar-refractivity contribution is 7.89. The maximum atomic E-state index is 13.5. The van der Waals surface area contributed by atoms with Crippen LogP contribution in [0.5, 0.6) is 0 Å². The van der Waals surface area contributed by atoms with Crippen LogP contribution in [0.15, 0.2) is 23.1 Å². The average molecular weight is 296 g/mol. The molecular formula is C10H11ClFNO4S. The van der Waals surface area contributed by atoms with E-state index in [1.807, 2.05) is 4.72 Å². The van der Waals surface area contributed by atoms with Crippen molar-refractivity contribution in [3.8, 4) is 0 Å². The molecule has 0 radical (unpaired) electrons. The summed E-state index contributed by atoms with van der Waals surface area (Å²) in [5.41, 5.74) is 0. The topological polar surface area (TPSA) is 83.5 Å². The number of hydrogen-bond acceptors (Lipinski definition) is 3. The van der Waals surface area contributed by atoms with E-state index in [4.69, 9.17) is 16.7 Å². The number of hydrogen-bond donors (Lipinski definition) is 2. The van der Waals surface area contributed by atoms with Gasteiger partial charge >= 0.3 is 5.97 Å². The van der Waals surface area contributed by atoms with Gasteiger partial charge in [0.25, 0.3) is 0 Å². The Kier molecular flexibility index (Phi) is 4.66. The molecule has 5 nitrogen and oxygen atoms in total. The number of benzene rings is 1. The van der Waals surface area contributed by atoms with Gasteiger partial charge in [0.15, 0.2) is 5.82 Å². The summed E-state index contributed by atoms with van der Waals surface area (Å²) in [6, 6.07) is 3.56. The third kappa shape index (κ3) is 3.41. The van der Waals surface area contributed by atoms with Crippen molar-refractivity contribution in [3.63, 3.8) is 0 Å². The van der Waals surface area contributed by atoms with Gasteiger partial charge in [-0.15, -0.1) is 0 Å². The van der Waals surface area contributed by atoms with Crippen LogP contribution in [0, 0.1) is 11.7 Å². The second-order valence-electron chi connectivity index (χ2n) is 3.64. The molecule has 1 unspecified atom stereocenters. The van der Waals surface area contributed by atoms with Gasteiger partial charge in [-0.2, -0.15) is 0 Å². The van der Waals surface area contributed by atoms with Crippen LogP contribution in [0.3, 0.4) is 0 Å². The number of rotatable bonds is 5. The average Bonchev–Trinajstić information content (AvgIpc) is 2.29. The van der Waals surface area contributed by atoms with Gasteiger partial charge in [-0.1, -0.05) is 24.6 Å². The maximum Gasteiger partial charge on any atom is 0.307 e. The molecule has 18 heavy (non-hydrogen) atoms. The summed E-state index contributed by atoms with van der Waals surface area (Å²) in [6.45, 7) is 1.00. The van der Waals surface area contributed by atoms with E-state index in [-0.39, 0.29) is 11.6 Å². The van der Waals surface area contributed by atoms with Crippen molar-refractivity contribution in [2.45, 2.75) is 11.8 Å². The van der Waals surface area contributed by atoms with Crippen LogP contribution in [-0.2, 0) is 14.8 Å². The zero-order valence-electron chi connectivity index (χ0n) is 9.35. The molecule has 0 spiro atoms. The lowest BCUT2D eigenvalue weighted by molar-refractivity contribution is -0.140. The molecule has 1 atom stereocenters. The fraction of sp³-hybridized carbons (Fsp3) is 0.300. The lowest BCUT2D eigenvalue weighted by Crippen LogP contribution is -2.32. The van der Waals surface area contributed by atoms with Crippen molar-refractivity contribution in [1.29, 1.82) is 0 Å². The fourth-order valence-electron chi connectivity index (χ4n) is 1.09. The van der Waals surface area contributed by atoms with Gasteiger partial charge in [0, 0.05) is 6.54 Å². The Morgan fingerprint density at radius 2 is 2.17 bits per heavy atom. The third-order valence-electron chi connectivity index (χ3n) is 2.21. The monoisotopic (exact) mass is 295 g/mol. The first kappa shape index (κ1) is 14.9. The van der Waals surface area contributed by atoms with Crippen molar-refractivity contribution in [1.82, 2.24) is 4.72 Å². The van der Waals surface area contributed by atoms with Crippen LogP contribution in [0.2, 0.25) is 5.02 Å². The Morgan fingerprint density at radius 1 is 1.56 bits per heavy atom. The van der Waals surface area contributed by atoms with Gasteiger partial charge in [-0.25, -0.2) is 17.5 Å². The minimum atomic E-state index is -4.11. The Hall–Kier alpha value is -1.18. The molecule has 0 aliphatic rings. The van der Waals surface area contributed by atoms with E-state index in [2.05, 4.69) is 0 Å². The second kappa shape index (κ2) is 5.64. The van der Waals surface area contributed by atoms with Crippen molar-refractivity contribution >= 4 is 27.6 Å². The standard InChI is InChI=1S/C10H11ClFNO4S/c1-6(10(14)15)5-13-18(16,17)8-4-2-3-7(11)9(8)12/h2-4,6,13H,5H2,1H3,(H,14,15). The minimum Gasteiger partial charge on any atom is -0.481 e. The summed E-state index contributed by atoms with van der Waals surface area (Å²) in [5.74, 6) is -3.12. The fourth-order valence-corrected chi connectivity index (χ4v) is 2.55. The predicted octanol–water partition coefficient (Wildman–Crippen LogP) is 1.48. The Balaban J connectivity index is 2.94. The van der Waals surface area contributed by atoms with Crippen LogP contribution in [0.1, 0.15) is 6.92 Å². The molecule has 0 fully saturated rings. The number of carboxylic acid groups (broad SMARTS) is 1. The first-order valence-electron chi connectivity index (χ1n) is 4.92. The second-order valence-corrected chi connectivity index (χ2v) is 5.79. The first-order valence-corrected chi connectivity index (χ1v) is 6.78. The number of nitrogens with one attached hydrogen (secondary N) is 1. The van der Waals surface area contributed by atoms with Crippen molar-refractivity contribution in [2.75, 3.05) is 6.54 Å². The highest BCUT2D eigenvalue weighted by atomic mass is 35.5. The van der Waals surface area contributed by atoms with Crippen LogP contribution < -0.4 is 4.72 Å². The molecule has 2 N–H and O–H groups in total. The number of halogens is 2. The van der Waals surface area contributed by atoms with E-state index in [1.54, 1.807) is 0 Å². The number of sulfonamides is 1. The van der Waals surface area contributed by atoms with Gasteiger partial charge < -0.3 is 5.11 Å². The quantitative estimate of drug-likeness (QED) is 0.862. The molecular weight excluding hydrogens is 285 g/mol. The summed E-state index contributed by atoms with van der Waals surface area (Å²) < 4.78 is 39.0. The van der Waals surface area contributed by atoms with Gasteiger partial charge in [-0.05, 0) is 12.1 Å². The molecule has 100 valence electrons. The lowest BCUT2D eigenvalue weighted by atomic mass is 10.2. The highest BCUT2D eigenvalue weighted by Crippen LogP contribution is 2.21. The van der Waals surface area contributed by atoms with Gasteiger partial charge in [0.2, 0.25) is 10.0 Å². The summed E-state index contributed by atoms with van der Waals surface area (Å²) in [7, 11) is -4.11. The van der Waals surface area contributed by atoms with Crippen LogP contribution in [0.25, 0.3) is 0 Å². The molecule has 0 aliphatic carbocycles. The van der Waals surface area contributed by atoms with Crippen molar-refractivity contribution < 1.29 is 22.7 Å². The lowest BCUT2D eigenvalue weighted by Gasteiger charge is -2.10. The van der Waals surface area contributed by atoms with E-state index < -0.39 is 32.6 Å². The Bertz CT molecular complexity index is 561. The van der Waals surface area contributed by atoms with Crippen LogP contribution in [-0.4, -0.2) is 26.0 Å². The minimum absolute atomic E-state index is 0.316. The molecule has 0 bridgehead atoms. The third-order valence-corrected chi connectivity index (χ3v) is 3.94. The Labute approximate surface area is 109 Å². The zero-order valence-corrected chi connectivity index (χ0v) is 10.9. The van der Waals surface area contributed by atoms with Gasteiger partial charge in [0.05, 0.1) is 10.9 Å². The summed E-state index contributed by atoms with van der Waals surface area (Å²) in [5, 5.41) is 8.30. The maximum absolute atomic E-state index is 13.5.